The average Bonchev–Trinajstić information content (AvgIpc) is 3.12. The number of ether oxygens (including phenoxy) is 2. The van der Waals surface area contributed by atoms with E-state index in [0.29, 0.717) is 17.5 Å². The van der Waals surface area contributed by atoms with Crippen LogP contribution < -0.4 is 9.47 Å². The molecule has 5 heteroatoms. The molecule has 4 aromatic rings. The lowest BCUT2D eigenvalue weighted by atomic mass is 10.1. The summed E-state index contributed by atoms with van der Waals surface area (Å²) in [6.07, 6.45) is 0. The van der Waals surface area contributed by atoms with E-state index in [2.05, 4.69) is 29.0 Å². The molecule has 0 aliphatic rings. The zero-order valence-electron chi connectivity index (χ0n) is 13.9. The summed E-state index contributed by atoms with van der Waals surface area (Å²) in [6.45, 7) is 2.06. The zero-order chi connectivity index (χ0) is 17.2. The number of methoxy groups -OCH3 is 1. The van der Waals surface area contributed by atoms with Crippen LogP contribution in [0.2, 0.25) is 0 Å². The number of rotatable bonds is 4. The van der Waals surface area contributed by atoms with E-state index in [-0.39, 0.29) is 0 Å². The van der Waals surface area contributed by atoms with Crippen LogP contribution in [0.25, 0.3) is 21.6 Å². The van der Waals surface area contributed by atoms with Gasteiger partial charge in [-0.05, 0) is 42.6 Å². The van der Waals surface area contributed by atoms with Crippen molar-refractivity contribution in [2.24, 2.45) is 0 Å². The van der Waals surface area contributed by atoms with Gasteiger partial charge in [-0.3, -0.25) is 0 Å². The van der Waals surface area contributed by atoms with E-state index < -0.39 is 0 Å². The first kappa shape index (κ1) is 15.6. The Bertz CT molecular complexity index is 1010. The summed E-state index contributed by atoms with van der Waals surface area (Å²) in [5.41, 5.74) is 3.06. The molecule has 25 heavy (non-hydrogen) atoms. The molecule has 0 atom stereocenters. The summed E-state index contributed by atoms with van der Waals surface area (Å²) >= 11 is 1.57. The molecule has 2 aromatic heterocycles. The third-order valence-corrected chi connectivity index (χ3v) is 4.75. The van der Waals surface area contributed by atoms with Crippen molar-refractivity contribution in [1.82, 2.24) is 9.97 Å². The molecule has 0 unspecified atom stereocenters. The van der Waals surface area contributed by atoms with Crippen molar-refractivity contribution < 1.29 is 9.47 Å². The van der Waals surface area contributed by atoms with E-state index in [0.717, 1.165) is 21.5 Å². The summed E-state index contributed by atoms with van der Waals surface area (Å²) in [7, 11) is 1.64. The Labute approximate surface area is 149 Å². The van der Waals surface area contributed by atoms with Crippen LogP contribution in [-0.4, -0.2) is 17.1 Å². The topological polar surface area (TPSA) is 44.2 Å². The molecule has 0 N–H and O–H groups in total. The van der Waals surface area contributed by atoms with Gasteiger partial charge in [0, 0.05) is 5.56 Å². The highest BCUT2D eigenvalue weighted by atomic mass is 32.1. The first-order valence-corrected chi connectivity index (χ1v) is 8.75. The maximum absolute atomic E-state index is 6.04. The smallest absolute Gasteiger partial charge is 0.240 e. The molecule has 0 saturated carbocycles. The maximum Gasteiger partial charge on any atom is 0.240 e. The number of aromatic nitrogens is 2. The quantitative estimate of drug-likeness (QED) is 0.491. The van der Waals surface area contributed by atoms with Crippen LogP contribution in [0, 0.1) is 6.92 Å². The fourth-order valence-electron chi connectivity index (χ4n) is 2.49. The van der Waals surface area contributed by atoms with Gasteiger partial charge in [0.15, 0.2) is 5.82 Å². The Kier molecular flexibility index (Phi) is 4.07. The van der Waals surface area contributed by atoms with Crippen molar-refractivity contribution in [3.05, 3.63) is 65.5 Å². The van der Waals surface area contributed by atoms with Crippen molar-refractivity contribution in [2.75, 3.05) is 7.11 Å². The van der Waals surface area contributed by atoms with Crippen LogP contribution >= 0.6 is 11.3 Å². The van der Waals surface area contributed by atoms with Crippen molar-refractivity contribution in [3.63, 3.8) is 0 Å². The molecule has 0 bridgehead atoms. The fraction of sp³-hybridized carbons (Fsp3) is 0.100. The highest BCUT2D eigenvalue weighted by molar-refractivity contribution is 7.17. The highest BCUT2D eigenvalue weighted by Gasteiger charge is 2.12. The minimum Gasteiger partial charge on any atom is -0.497 e. The molecule has 0 aliphatic heterocycles. The number of nitrogens with zero attached hydrogens (tertiary/aromatic N) is 2. The van der Waals surface area contributed by atoms with E-state index in [4.69, 9.17) is 9.47 Å². The monoisotopic (exact) mass is 348 g/mol. The van der Waals surface area contributed by atoms with Gasteiger partial charge in [0.25, 0.3) is 0 Å². The number of thiophene rings is 1. The lowest BCUT2D eigenvalue weighted by Gasteiger charge is -2.09. The Morgan fingerprint density at radius 2 is 1.56 bits per heavy atom. The normalized spacial score (nSPS) is 10.8. The molecule has 0 aliphatic carbocycles. The molecular formula is C20H16N2O2S. The van der Waals surface area contributed by atoms with E-state index in [1.807, 2.05) is 47.8 Å². The van der Waals surface area contributed by atoms with Crippen molar-refractivity contribution >= 4 is 21.6 Å². The standard InChI is InChI=1S/C20H16N2O2S/c1-13-3-5-14(6-4-13)19-21-17-11-12-25-18(17)20(22-19)24-16-9-7-15(23-2)8-10-16/h3-12H,1-2H3. The summed E-state index contributed by atoms with van der Waals surface area (Å²) in [6, 6.07) is 17.6. The SMILES string of the molecule is COc1ccc(Oc2nc(-c3ccc(C)cc3)nc3ccsc23)cc1. The third-order valence-electron chi connectivity index (χ3n) is 3.86. The van der Waals surface area contributed by atoms with E-state index in [1.54, 1.807) is 18.4 Å². The van der Waals surface area contributed by atoms with E-state index >= 15 is 0 Å². The third kappa shape index (κ3) is 3.19. The second-order valence-electron chi connectivity index (χ2n) is 5.63. The molecule has 2 aromatic carbocycles. The number of hydrogen-bond donors (Lipinski definition) is 0. The van der Waals surface area contributed by atoms with Gasteiger partial charge in [-0.1, -0.05) is 29.8 Å². The van der Waals surface area contributed by atoms with Crippen LogP contribution in [0.5, 0.6) is 17.4 Å². The number of aryl methyl sites for hydroxylation is 1. The molecule has 0 amide bonds. The van der Waals surface area contributed by atoms with Gasteiger partial charge in [-0.15, -0.1) is 11.3 Å². The first-order chi connectivity index (χ1) is 12.2. The van der Waals surface area contributed by atoms with Crippen molar-refractivity contribution in [1.29, 1.82) is 0 Å². The lowest BCUT2D eigenvalue weighted by Crippen LogP contribution is -1.94. The van der Waals surface area contributed by atoms with Crippen molar-refractivity contribution in [2.45, 2.75) is 6.92 Å². The Morgan fingerprint density at radius 3 is 2.28 bits per heavy atom. The lowest BCUT2D eigenvalue weighted by molar-refractivity contribution is 0.412. The van der Waals surface area contributed by atoms with Crippen LogP contribution in [-0.2, 0) is 0 Å². The summed E-state index contributed by atoms with van der Waals surface area (Å²) in [5, 5.41) is 2.00. The van der Waals surface area contributed by atoms with Gasteiger partial charge in [-0.25, -0.2) is 4.98 Å². The predicted molar refractivity (Wildman–Crippen MR) is 101 cm³/mol. The van der Waals surface area contributed by atoms with Crippen LogP contribution in [0.3, 0.4) is 0 Å². The van der Waals surface area contributed by atoms with E-state index in [1.165, 1.54) is 5.56 Å². The van der Waals surface area contributed by atoms with Crippen LogP contribution in [0.15, 0.2) is 60.0 Å². The summed E-state index contributed by atoms with van der Waals surface area (Å²) in [5.74, 6) is 2.73. The van der Waals surface area contributed by atoms with E-state index in [9.17, 15) is 0 Å². The average molecular weight is 348 g/mol. The fourth-order valence-corrected chi connectivity index (χ4v) is 3.25. The minimum atomic E-state index is 0.570. The van der Waals surface area contributed by atoms with Gasteiger partial charge in [0.1, 0.15) is 16.2 Å². The molecular weight excluding hydrogens is 332 g/mol. The van der Waals surface area contributed by atoms with Crippen LogP contribution in [0.4, 0.5) is 0 Å². The van der Waals surface area contributed by atoms with Gasteiger partial charge in [0.2, 0.25) is 5.88 Å². The Hall–Kier alpha value is -2.92. The highest BCUT2D eigenvalue weighted by Crippen LogP contribution is 2.33. The molecule has 124 valence electrons. The molecule has 2 heterocycles. The Morgan fingerprint density at radius 1 is 0.840 bits per heavy atom. The molecule has 0 saturated heterocycles. The van der Waals surface area contributed by atoms with Gasteiger partial charge in [-0.2, -0.15) is 4.98 Å². The van der Waals surface area contributed by atoms with Crippen molar-refractivity contribution in [3.8, 4) is 28.8 Å². The summed E-state index contributed by atoms with van der Waals surface area (Å²) < 4.78 is 12.2. The largest absolute Gasteiger partial charge is 0.497 e. The number of hydrogen-bond acceptors (Lipinski definition) is 5. The van der Waals surface area contributed by atoms with Gasteiger partial charge >= 0.3 is 0 Å². The number of benzene rings is 2. The Balaban J connectivity index is 1.76. The molecule has 4 rings (SSSR count). The zero-order valence-corrected chi connectivity index (χ0v) is 14.7. The first-order valence-electron chi connectivity index (χ1n) is 7.87. The second kappa shape index (κ2) is 6.53. The molecule has 4 nitrogen and oxygen atoms in total. The summed E-state index contributed by atoms with van der Waals surface area (Å²) in [4.78, 5) is 9.32. The predicted octanol–water partition coefficient (Wildman–Crippen LogP) is 5.47. The van der Waals surface area contributed by atoms with Crippen LogP contribution in [0.1, 0.15) is 5.56 Å². The number of fused-ring (bicyclic) bond motifs is 1. The van der Waals surface area contributed by atoms with Gasteiger partial charge < -0.3 is 9.47 Å². The van der Waals surface area contributed by atoms with Gasteiger partial charge in [0.05, 0.1) is 12.6 Å². The maximum atomic E-state index is 6.04. The molecule has 0 radical (unpaired) electrons. The molecule has 0 spiro atoms. The minimum absolute atomic E-state index is 0.570. The second-order valence-corrected chi connectivity index (χ2v) is 6.55. The molecule has 0 fully saturated rings.